The van der Waals surface area contributed by atoms with Gasteiger partial charge in [0.05, 0.1) is 17.2 Å². The van der Waals surface area contributed by atoms with Crippen molar-refractivity contribution < 1.29 is 14.3 Å². The molecule has 0 bridgehead atoms. The highest BCUT2D eigenvalue weighted by Gasteiger charge is 2.21. The summed E-state index contributed by atoms with van der Waals surface area (Å²) in [4.78, 5) is 22.8. The Morgan fingerprint density at radius 1 is 1.39 bits per heavy atom. The Hall–Kier alpha value is -1.35. The zero-order valence-electron chi connectivity index (χ0n) is 11.0. The number of hydrogen-bond donors (Lipinski definition) is 0. The van der Waals surface area contributed by atoms with Gasteiger partial charge in [0.2, 0.25) is 0 Å². The van der Waals surface area contributed by atoms with Crippen LogP contribution < -0.4 is 0 Å². The first kappa shape index (κ1) is 14.7. The topological polar surface area (TPSA) is 43.4 Å². The number of esters is 1. The monoisotopic (exact) mass is 268 g/mol. The minimum atomic E-state index is -0.503. The van der Waals surface area contributed by atoms with Gasteiger partial charge in [-0.05, 0) is 30.0 Å². The van der Waals surface area contributed by atoms with E-state index >= 15 is 0 Å². The van der Waals surface area contributed by atoms with Gasteiger partial charge >= 0.3 is 5.97 Å². The van der Waals surface area contributed by atoms with Crippen molar-refractivity contribution in [3.05, 3.63) is 33.8 Å². The van der Waals surface area contributed by atoms with Crippen molar-refractivity contribution in [1.82, 2.24) is 0 Å². The van der Waals surface area contributed by atoms with Gasteiger partial charge in [0, 0.05) is 5.56 Å². The quantitative estimate of drug-likeness (QED) is 0.621. The fourth-order valence-corrected chi connectivity index (χ4v) is 1.75. The minimum Gasteiger partial charge on any atom is -0.462 e. The molecule has 0 aliphatic rings. The smallest absolute Gasteiger partial charge is 0.339 e. The van der Waals surface area contributed by atoms with Crippen LogP contribution in [0.4, 0.5) is 0 Å². The fraction of sp³-hybridized carbons (Fsp3) is 0.429. The molecule has 0 aliphatic carbocycles. The molecule has 0 N–H and O–H groups in total. The van der Waals surface area contributed by atoms with Crippen LogP contribution in [0.25, 0.3) is 0 Å². The van der Waals surface area contributed by atoms with Crippen molar-refractivity contribution in [2.24, 2.45) is 0 Å². The van der Waals surface area contributed by atoms with Crippen molar-refractivity contribution in [3.63, 3.8) is 0 Å². The maximum absolute atomic E-state index is 11.8. The Balaban J connectivity index is 3.41. The lowest BCUT2D eigenvalue weighted by Gasteiger charge is -2.21. The highest BCUT2D eigenvalue weighted by molar-refractivity contribution is 6.35. The molecular weight excluding hydrogens is 252 g/mol. The first-order valence-corrected chi connectivity index (χ1v) is 6.15. The summed E-state index contributed by atoms with van der Waals surface area (Å²) in [5.41, 5.74) is 1.25. The number of rotatable bonds is 3. The third kappa shape index (κ3) is 3.10. The molecule has 1 aromatic carbocycles. The molecule has 1 rings (SSSR count). The van der Waals surface area contributed by atoms with Crippen LogP contribution in [0, 0.1) is 0 Å². The number of carbonyl (C=O) groups is 2. The van der Waals surface area contributed by atoms with E-state index in [0.717, 1.165) is 5.56 Å². The number of benzene rings is 1. The van der Waals surface area contributed by atoms with Crippen LogP contribution in [0.1, 0.15) is 54.0 Å². The molecule has 0 saturated carbocycles. The molecule has 0 amide bonds. The maximum atomic E-state index is 11.8. The van der Waals surface area contributed by atoms with Gasteiger partial charge in [-0.2, -0.15) is 0 Å². The minimum absolute atomic E-state index is 0.149. The van der Waals surface area contributed by atoms with E-state index in [9.17, 15) is 9.59 Å². The van der Waals surface area contributed by atoms with Crippen LogP contribution in [0.2, 0.25) is 5.02 Å². The maximum Gasteiger partial charge on any atom is 0.339 e. The predicted octanol–water partition coefficient (Wildman–Crippen LogP) is 3.63. The number of halogens is 1. The lowest BCUT2D eigenvalue weighted by Crippen LogP contribution is -2.15. The van der Waals surface area contributed by atoms with Gasteiger partial charge in [-0.3, -0.25) is 4.79 Å². The zero-order chi connectivity index (χ0) is 13.9. The molecular formula is C14H17ClO3. The van der Waals surface area contributed by atoms with Gasteiger partial charge in [-0.25, -0.2) is 4.79 Å². The first-order chi connectivity index (χ1) is 8.31. The van der Waals surface area contributed by atoms with Gasteiger partial charge in [0.15, 0.2) is 6.29 Å². The molecule has 3 nitrogen and oxygen atoms in total. The number of hydrogen-bond acceptors (Lipinski definition) is 3. The Morgan fingerprint density at radius 3 is 2.44 bits per heavy atom. The van der Waals surface area contributed by atoms with E-state index in [4.69, 9.17) is 16.3 Å². The van der Waals surface area contributed by atoms with Gasteiger partial charge < -0.3 is 4.74 Å². The SMILES string of the molecule is CCOC(=O)c1cc(C(C)(C)C)cc(C=O)c1Cl. The van der Waals surface area contributed by atoms with E-state index in [1.807, 2.05) is 20.8 Å². The number of aldehydes is 1. The molecule has 0 aromatic heterocycles. The molecule has 1 aromatic rings. The third-order valence-corrected chi connectivity index (χ3v) is 3.01. The lowest BCUT2D eigenvalue weighted by atomic mass is 9.85. The lowest BCUT2D eigenvalue weighted by molar-refractivity contribution is 0.0526. The molecule has 0 aliphatic heterocycles. The van der Waals surface area contributed by atoms with Gasteiger partial charge in [-0.1, -0.05) is 32.4 Å². The van der Waals surface area contributed by atoms with Gasteiger partial charge in [0.25, 0.3) is 0 Å². The Labute approximate surface area is 112 Å². The van der Waals surface area contributed by atoms with Crippen molar-refractivity contribution in [3.8, 4) is 0 Å². The van der Waals surface area contributed by atoms with Crippen LogP contribution in [0.5, 0.6) is 0 Å². The molecule has 0 spiro atoms. The van der Waals surface area contributed by atoms with E-state index in [0.29, 0.717) is 11.8 Å². The summed E-state index contributed by atoms with van der Waals surface area (Å²) in [6, 6.07) is 3.39. The van der Waals surface area contributed by atoms with Crippen LogP contribution in [0.3, 0.4) is 0 Å². The molecule has 0 saturated heterocycles. The zero-order valence-corrected chi connectivity index (χ0v) is 11.8. The van der Waals surface area contributed by atoms with Crippen molar-refractivity contribution in [2.45, 2.75) is 33.1 Å². The molecule has 0 fully saturated rings. The standard InChI is InChI=1S/C14H17ClO3/c1-5-18-13(17)11-7-10(14(2,3)4)6-9(8-16)12(11)15/h6-8H,5H2,1-4H3. The second kappa shape index (κ2) is 5.53. The normalized spacial score (nSPS) is 11.2. The Bertz CT molecular complexity index is 473. The molecule has 18 heavy (non-hydrogen) atoms. The highest BCUT2D eigenvalue weighted by atomic mass is 35.5. The van der Waals surface area contributed by atoms with E-state index in [-0.39, 0.29) is 22.6 Å². The number of ether oxygens (including phenoxy) is 1. The third-order valence-electron chi connectivity index (χ3n) is 2.59. The average Bonchev–Trinajstić information content (AvgIpc) is 2.28. The molecule has 0 unspecified atom stereocenters. The molecule has 0 atom stereocenters. The van der Waals surface area contributed by atoms with Gasteiger partial charge in [0.1, 0.15) is 0 Å². The van der Waals surface area contributed by atoms with E-state index < -0.39 is 5.97 Å². The first-order valence-electron chi connectivity index (χ1n) is 5.77. The summed E-state index contributed by atoms with van der Waals surface area (Å²) >= 11 is 6.03. The van der Waals surface area contributed by atoms with Crippen molar-refractivity contribution in [2.75, 3.05) is 6.61 Å². The second-order valence-electron chi connectivity index (χ2n) is 5.02. The van der Waals surface area contributed by atoms with Crippen LogP contribution in [-0.2, 0) is 10.2 Å². The van der Waals surface area contributed by atoms with Crippen LogP contribution in [0.15, 0.2) is 12.1 Å². The summed E-state index contributed by atoms with van der Waals surface area (Å²) in [5.74, 6) is -0.503. The van der Waals surface area contributed by atoms with Gasteiger partial charge in [-0.15, -0.1) is 0 Å². The molecule has 4 heteroatoms. The Morgan fingerprint density at radius 2 is 2.00 bits per heavy atom. The van der Waals surface area contributed by atoms with Crippen LogP contribution in [-0.4, -0.2) is 18.9 Å². The molecule has 98 valence electrons. The second-order valence-corrected chi connectivity index (χ2v) is 5.39. The Kier molecular flexibility index (Phi) is 4.52. The average molecular weight is 269 g/mol. The van der Waals surface area contributed by atoms with E-state index in [1.165, 1.54) is 0 Å². The predicted molar refractivity (Wildman–Crippen MR) is 71.5 cm³/mol. The van der Waals surface area contributed by atoms with Crippen molar-refractivity contribution in [1.29, 1.82) is 0 Å². The van der Waals surface area contributed by atoms with E-state index in [1.54, 1.807) is 19.1 Å². The summed E-state index contributed by atoms with van der Waals surface area (Å²) < 4.78 is 4.94. The molecule has 0 radical (unpaired) electrons. The summed E-state index contributed by atoms with van der Waals surface area (Å²) in [6.45, 7) is 7.99. The summed E-state index contributed by atoms with van der Waals surface area (Å²) in [5, 5.41) is 0.149. The number of carbonyl (C=O) groups excluding carboxylic acids is 2. The summed E-state index contributed by atoms with van der Waals surface area (Å²) in [6.07, 6.45) is 0.653. The largest absolute Gasteiger partial charge is 0.462 e. The molecule has 0 heterocycles. The van der Waals surface area contributed by atoms with E-state index in [2.05, 4.69) is 0 Å². The van der Waals surface area contributed by atoms with Crippen LogP contribution >= 0.6 is 11.6 Å². The van der Waals surface area contributed by atoms with Crippen molar-refractivity contribution >= 4 is 23.9 Å². The summed E-state index contributed by atoms with van der Waals surface area (Å²) in [7, 11) is 0. The fourth-order valence-electron chi connectivity index (χ4n) is 1.52. The highest BCUT2D eigenvalue weighted by Crippen LogP contribution is 2.29.